The van der Waals surface area contributed by atoms with Crippen LogP contribution in [-0.2, 0) is 0 Å². The van der Waals surface area contributed by atoms with E-state index in [0.717, 1.165) is 27.5 Å². The molecule has 0 radical (unpaired) electrons. The second kappa shape index (κ2) is 4.67. The van der Waals surface area contributed by atoms with Crippen LogP contribution in [0.15, 0.2) is 48.5 Å². The van der Waals surface area contributed by atoms with Crippen molar-refractivity contribution in [3.63, 3.8) is 0 Å². The number of carbonyl (C=O) groups is 2. The van der Waals surface area contributed by atoms with Gasteiger partial charge in [0, 0.05) is 11.1 Å². The predicted octanol–water partition coefficient (Wildman–Crippen LogP) is 5.25. The van der Waals surface area contributed by atoms with Crippen LogP contribution >= 0.6 is 23.2 Å². The summed E-state index contributed by atoms with van der Waals surface area (Å²) in [4.78, 5) is 23.7. The van der Waals surface area contributed by atoms with Crippen molar-refractivity contribution in [2.75, 3.05) is 0 Å². The molecule has 2 nitrogen and oxygen atoms in total. The molecule has 0 saturated heterocycles. The molecule has 0 spiro atoms. The van der Waals surface area contributed by atoms with Crippen LogP contribution in [-0.4, -0.2) is 10.5 Å². The molecule has 1 aliphatic rings. The van der Waals surface area contributed by atoms with Gasteiger partial charge in [0.05, 0.1) is 5.56 Å². The molecule has 0 saturated carbocycles. The van der Waals surface area contributed by atoms with Crippen molar-refractivity contribution < 1.29 is 9.59 Å². The minimum absolute atomic E-state index is 0.151. The van der Waals surface area contributed by atoms with Gasteiger partial charge in [-0.2, -0.15) is 0 Å². The van der Waals surface area contributed by atoms with Gasteiger partial charge in [-0.15, -0.1) is 0 Å². The molecule has 0 atom stereocenters. The highest BCUT2D eigenvalue weighted by atomic mass is 35.5. The lowest BCUT2D eigenvalue weighted by Gasteiger charge is -2.10. The molecule has 4 rings (SSSR count). The normalized spacial score (nSPS) is 11.5. The first-order chi connectivity index (χ1) is 10.6. The van der Waals surface area contributed by atoms with Gasteiger partial charge >= 0.3 is 0 Å². The van der Waals surface area contributed by atoms with Crippen LogP contribution in [0.1, 0.15) is 20.7 Å². The molecule has 1 aliphatic carbocycles. The third-order valence-electron chi connectivity index (χ3n) is 4.06. The van der Waals surface area contributed by atoms with Gasteiger partial charge in [-0.05, 0) is 56.7 Å². The van der Waals surface area contributed by atoms with Gasteiger partial charge in [0.1, 0.15) is 0 Å². The second-order valence-electron chi connectivity index (χ2n) is 5.17. The number of benzene rings is 3. The highest BCUT2D eigenvalue weighted by molar-refractivity contribution is 6.72. The third kappa shape index (κ3) is 1.68. The number of carbonyl (C=O) groups excluding carboxylic acids is 2. The molecule has 0 N–H and O–H groups in total. The minimum Gasteiger partial charge on any atom is -0.276 e. The Morgan fingerprint density at radius 3 is 2.14 bits per heavy atom. The lowest BCUT2D eigenvalue weighted by molar-refractivity contribution is 0.105. The number of rotatable bonds is 2. The quantitative estimate of drug-likeness (QED) is 0.472. The van der Waals surface area contributed by atoms with Gasteiger partial charge in [-0.25, -0.2) is 0 Å². The van der Waals surface area contributed by atoms with Crippen LogP contribution in [0.5, 0.6) is 0 Å². The summed E-state index contributed by atoms with van der Waals surface area (Å²) < 4.78 is 0. The van der Waals surface area contributed by atoms with E-state index in [9.17, 15) is 9.59 Å². The molecule has 0 fully saturated rings. The molecular weight excluding hydrogens is 319 g/mol. The van der Waals surface area contributed by atoms with Crippen LogP contribution in [0.4, 0.5) is 0 Å². The molecule has 22 heavy (non-hydrogen) atoms. The van der Waals surface area contributed by atoms with Gasteiger partial charge in [0.15, 0.2) is 0 Å². The van der Waals surface area contributed by atoms with Crippen molar-refractivity contribution in [1.29, 1.82) is 0 Å². The summed E-state index contributed by atoms with van der Waals surface area (Å²) in [5.41, 5.74) is 4.01. The van der Waals surface area contributed by atoms with E-state index in [1.807, 2.05) is 42.5 Å². The molecule has 0 aliphatic heterocycles. The Morgan fingerprint density at radius 1 is 0.773 bits per heavy atom. The zero-order chi connectivity index (χ0) is 15.4. The maximum Gasteiger partial charge on any atom is 0.253 e. The van der Waals surface area contributed by atoms with E-state index in [1.54, 1.807) is 6.07 Å². The van der Waals surface area contributed by atoms with Crippen LogP contribution < -0.4 is 0 Å². The zero-order valence-electron chi connectivity index (χ0n) is 11.2. The third-order valence-corrected chi connectivity index (χ3v) is 4.45. The van der Waals surface area contributed by atoms with Gasteiger partial charge in [-0.3, -0.25) is 9.59 Å². The van der Waals surface area contributed by atoms with E-state index >= 15 is 0 Å². The Hall–Kier alpha value is -2.16. The Balaban J connectivity index is 2.30. The average molecular weight is 327 g/mol. The lowest BCUT2D eigenvalue weighted by Crippen LogP contribution is -2.03. The number of hydrogen-bond donors (Lipinski definition) is 0. The van der Waals surface area contributed by atoms with E-state index in [1.165, 1.54) is 0 Å². The molecule has 0 amide bonds. The summed E-state index contributed by atoms with van der Waals surface area (Å²) in [5, 5.41) is 0.452. The molecular formula is C18H8Cl2O2. The van der Waals surface area contributed by atoms with Crippen molar-refractivity contribution in [3.05, 3.63) is 59.7 Å². The summed E-state index contributed by atoms with van der Waals surface area (Å²) in [5.74, 6) is 0. The first-order valence-corrected chi connectivity index (χ1v) is 7.44. The minimum atomic E-state index is -0.683. The number of hydrogen-bond acceptors (Lipinski definition) is 2. The Kier molecular flexibility index (Phi) is 2.86. The van der Waals surface area contributed by atoms with E-state index in [4.69, 9.17) is 23.2 Å². The average Bonchev–Trinajstić information content (AvgIpc) is 2.84. The standard InChI is InChI=1S/C18H8Cl2O2/c19-17(21)13-8-9-4-3-7-11-10-5-1-2-6-12(10)15(14(9)11)16(13)18(20)22/h1-8H. The monoisotopic (exact) mass is 326 g/mol. The first-order valence-electron chi connectivity index (χ1n) is 6.68. The molecule has 0 aromatic heterocycles. The largest absolute Gasteiger partial charge is 0.276 e. The van der Waals surface area contributed by atoms with Crippen molar-refractivity contribution in [3.8, 4) is 22.3 Å². The maximum atomic E-state index is 12.0. The smallest absolute Gasteiger partial charge is 0.253 e. The molecule has 0 bridgehead atoms. The Bertz CT molecular complexity index is 990. The predicted molar refractivity (Wildman–Crippen MR) is 88.7 cm³/mol. The van der Waals surface area contributed by atoms with Gasteiger partial charge in [0.25, 0.3) is 10.5 Å². The topological polar surface area (TPSA) is 34.1 Å². The molecule has 3 aromatic carbocycles. The van der Waals surface area contributed by atoms with Crippen molar-refractivity contribution >= 4 is 44.5 Å². The van der Waals surface area contributed by atoms with Gasteiger partial charge in [0.2, 0.25) is 0 Å². The summed E-state index contributed by atoms with van der Waals surface area (Å²) in [6, 6.07) is 15.2. The van der Waals surface area contributed by atoms with Crippen molar-refractivity contribution in [2.45, 2.75) is 0 Å². The number of fused-ring (bicyclic) bond motifs is 3. The van der Waals surface area contributed by atoms with E-state index in [0.29, 0.717) is 5.56 Å². The van der Waals surface area contributed by atoms with Crippen LogP contribution in [0.25, 0.3) is 33.0 Å². The van der Waals surface area contributed by atoms with Crippen LogP contribution in [0.2, 0.25) is 0 Å². The molecule has 4 heteroatoms. The summed E-state index contributed by atoms with van der Waals surface area (Å²) in [7, 11) is 0. The fourth-order valence-electron chi connectivity index (χ4n) is 3.25. The van der Waals surface area contributed by atoms with E-state index in [-0.39, 0.29) is 11.1 Å². The fraction of sp³-hybridized carbons (Fsp3) is 0. The summed E-state index contributed by atoms with van der Waals surface area (Å²) in [6.07, 6.45) is 0. The SMILES string of the molecule is O=C(Cl)c1cc2cccc3c2c(c1C(=O)Cl)-c1ccccc1-3. The van der Waals surface area contributed by atoms with Crippen LogP contribution in [0.3, 0.4) is 0 Å². The fourth-order valence-corrected chi connectivity index (χ4v) is 3.59. The lowest BCUT2D eigenvalue weighted by atomic mass is 9.94. The highest BCUT2D eigenvalue weighted by Gasteiger charge is 2.29. The van der Waals surface area contributed by atoms with Gasteiger partial charge in [-0.1, -0.05) is 42.5 Å². The second-order valence-corrected chi connectivity index (χ2v) is 5.86. The summed E-state index contributed by atoms with van der Waals surface area (Å²) >= 11 is 11.5. The van der Waals surface area contributed by atoms with Crippen molar-refractivity contribution in [1.82, 2.24) is 0 Å². The van der Waals surface area contributed by atoms with E-state index in [2.05, 4.69) is 0 Å². The zero-order valence-corrected chi connectivity index (χ0v) is 12.7. The van der Waals surface area contributed by atoms with E-state index < -0.39 is 10.5 Å². The molecule has 0 heterocycles. The van der Waals surface area contributed by atoms with Crippen molar-refractivity contribution in [2.24, 2.45) is 0 Å². The molecule has 0 unspecified atom stereocenters. The summed E-state index contributed by atoms with van der Waals surface area (Å²) in [6.45, 7) is 0. The highest BCUT2D eigenvalue weighted by Crippen LogP contribution is 2.49. The first kappa shape index (κ1) is 13.5. The Labute approximate surface area is 136 Å². The molecule has 106 valence electrons. The Morgan fingerprint density at radius 2 is 1.45 bits per heavy atom. The van der Waals surface area contributed by atoms with Gasteiger partial charge < -0.3 is 0 Å². The van der Waals surface area contributed by atoms with Crippen LogP contribution in [0, 0.1) is 0 Å². The number of halogens is 2. The molecule has 3 aromatic rings. The maximum absolute atomic E-state index is 12.0.